The number of hydrazine groups is 1. The van der Waals surface area contributed by atoms with Crippen molar-refractivity contribution in [2.75, 3.05) is 12.5 Å². The number of amides is 1. The minimum absolute atomic E-state index is 0.0451. The second-order valence-electron chi connectivity index (χ2n) is 4.90. The van der Waals surface area contributed by atoms with Gasteiger partial charge in [0.2, 0.25) is 0 Å². The molecule has 2 rings (SSSR count). The van der Waals surface area contributed by atoms with Gasteiger partial charge in [-0.1, -0.05) is 17.7 Å². The molecule has 0 radical (unpaired) electrons. The summed E-state index contributed by atoms with van der Waals surface area (Å²) in [7, 11) is 1.21. The van der Waals surface area contributed by atoms with Crippen LogP contribution in [0.4, 0.5) is 23.7 Å². The summed E-state index contributed by atoms with van der Waals surface area (Å²) >= 11 is 5.99. The smallest absolute Gasteiger partial charge is 0.425 e. The first kappa shape index (κ1) is 17.9. The second-order valence-corrected chi connectivity index (χ2v) is 5.31. The van der Waals surface area contributed by atoms with Gasteiger partial charge in [-0.3, -0.25) is 5.43 Å². The highest BCUT2D eigenvalue weighted by molar-refractivity contribution is 6.33. The number of anilines is 1. The summed E-state index contributed by atoms with van der Waals surface area (Å²) in [5.74, 6) is -2.81. The molecule has 4 nitrogen and oxygen atoms in total. The maximum Gasteiger partial charge on any atom is 0.425 e. The van der Waals surface area contributed by atoms with Gasteiger partial charge in [-0.2, -0.15) is 0 Å². The summed E-state index contributed by atoms with van der Waals surface area (Å²) in [6, 6.07) is 6.18. The van der Waals surface area contributed by atoms with Gasteiger partial charge in [0.1, 0.15) is 17.5 Å². The lowest BCUT2D eigenvalue weighted by Gasteiger charge is -2.11. The molecule has 0 spiro atoms. The van der Waals surface area contributed by atoms with Crippen LogP contribution in [-0.2, 0) is 17.6 Å². The standard InChI is InChI=1S/C16H14ClF3N2O2/c1-24-16(23)22-21-15-6-9(3-5-12(15)17)2-4-11-13(19)7-10(18)8-14(11)20/h3,5-8,21H,2,4H2,1H3,(H,22,23). The Labute approximate surface area is 141 Å². The number of ether oxygens (including phenoxy) is 1. The lowest BCUT2D eigenvalue weighted by Crippen LogP contribution is -2.29. The Bertz CT molecular complexity index is 733. The Balaban J connectivity index is 2.09. The van der Waals surface area contributed by atoms with Crippen LogP contribution in [0.5, 0.6) is 0 Å². The predicted octanol–water partition coefficient (Wildman–Crippen LogP) is 4.23. The lowest BCUT2D eigenvalue weighted by atomic mass is 10.0. The van der Waals surface area contributed by atoms with E-state index in [0.29, 0.717) is 29.3 Å². The minimum Gasteiger partial charge on any atom is -0.452 e. The molecule has 24 heavy (non-hydrogen) atoms. The average Bonchev–Trinajstić information content (AvgIpc) is 2.53. The molecule has 0 aromatic heterocycles. The van der Waals surface area contributed by atoms with Crippen molar-refractivity contribution in [1.82, 2.24) is 5.43 Å². The number of carbonyl (C=O) groups excluding carboxylic acids is 1. The van der Waals surface area contributed by atoms with E-state index in [-0.39, 0.29) is 12.0 Å². The first-order chi connectivity index (χ1) is 11.4. The fourth-order valence-corrected chi connectivity index (χ4v) is 2.24. The molecule has 8 heteroatoms. The van der Waals surface area contributed by atoms with Gasteiger partial charge >= 0.3 is 6.09 Å². The zero-order valence-corrected chi connectivity index (χ0v) is 13.4. The molecule has 0 aliphatic heterocycles. The molecule has 128 valence electrons. The quantitative estimate of drug-likeness (QED) is 0.787. The number of methoxy groups -OCH3 is 1. The van der Waals surface area contributed by atoms with Gasteiger partial charge in [0.25, 0.3) is 0 Å². The molecule has 0 atom stereocenters. The summed E-state index contributed by atoms with van der Waals surface area (Å²) in [5.41, 5.74) is 5.77. The molecule has 0 saturated heterocycles. The zero-order chi connectivity index (χ0) is 17.7. The highest BCUT2D eigenvalue weighted by Crippen LogP contribution is 2.24. The van der Waals surface area contributed by atoms with Crippen LogP contribution in [0.3, 0.4) is 0 Å². The highest BCUT2D eigenvalue weighted by atomic mass is 35.5. The third-order valence-electron chi connectivity index (χ3n) is 3.28. The summed E-state index contributed by atoms with van der Waals surface area (Å²) in [5, 5.41) is 0.342. The van der Waals surface area contributed by atoms with Gasteiger partial charge in [-0.15, -0.1) is 0 Å². The number of carbonyl (C=O) groups is 1. The minimum atomic E-state index is -0.958. The molecular formula is C16H14ClF3N2O2. The Morgan fingerprint density at radius 1 is 1.12 bits per heavy atom. The molecule has 0 saturated carbocycles. The lowest BCUT2D eigenvalue weighted by molar-refractivity contribution is 0.173. The molecule has 0 heterocycles. The number of hydrogen-bond donors (Lipinski definition) is 2. The molecule has 0 aliphatic carbocycles. The van der Waals surface area contributed by atoms with E-state index in [2.05, 4.69) is 15.6 Å². The third kappa shape index (κ3) is 4.55. The van der Waals surface area contributed by atoms with E-state index in [4.69, 9.17) is 11.6 Å². The fourth-order valence-electron chi connectivity index (χ4n) is 2.07. The van der Waals surface area contributed by atoms with E-state index in [9.17, 15) is 18.0 Å². The zero-order valence-electron chi connectivity index (χ0n) is 12.6. The summed E-state index contributed by atoms with van der Waals surface area (Å²) in [6.07, 6.45) is -0.362. The van der Waals surface area contributed by atoms with Gasteiger partial charge in [-0.25, -0.2) is 23.4 Å². The Hall–Kier alpha value is -2.41. The van der Waals surface area contributed by atoms with E-state index in [1.165, 1.54) is 7.11 Å². The maximum absolute atomic E-state index is 13.6. The fraction of sp³-hybridized carbons (Fsp3) is 0.188. The number of aryl methyl sites for hydroxylation is 1. The van der Waals surface area contributed by atoms with Crippen LogP contribution in [0.1, 0.15) is 11.1 Å². The summed E-state index contributed by atoms with van der Waals surface area (Å²) < 4.78 is 44.6. The van der Waals surface area contributed by atoms with Gasteiger partial charge in [0, 0.05) is 17.7 Å². The molecule has 2 aromatic rings. The first-order valence-electron chi connectivity index (χ1n) is 6.92. The van der Waals surface area contributed by atoms with Crippen molar-refractivity contribution in [3.63, 3.8) is 0 Å². The van der Waals surface area contributed by atoms with E-state index in [1.807, 2.05) is 0 Å². The number of rotatable bonds is 5. The maximum atomic E-state index is 13.6. The predicted molar refractivity (Wildman–Crippen MR) is 84.3 cm³/mol. The number of halogens is 4. The Morgan fingerprint density at radius 3 is 2.42 bits per heavy atom. The van der Waals surface area contributed by atoms with Crippen LogP contribution in [-0.4, -0.2) is 13.2 Å². The third-order valence-corrected chi connectivity index (χ3v) is 3.61. The molecule has 2 aromatic carbocycles. The van der Waals surface area contributed by atoms with Crippen LogP contribution in [0.15, 0.2) is 30.3 Å². The number of hydrogen-bond acceptors (Lipinski definition) is 3. The van der Waals surface area contributed by atoms with Crippen molar-refractivity contribution in [3.8, 4) is 0 Å². The van der Waals surface area contributed by atoms with E-state index < -0.39 is 23.5 Å². The van der Waals surface area contributed by atoms with Crippen LogP contribution in [0, 0.1) is 17.5 Å². The van der Waals surface area contributed by atoms with Crippen molar-refractivity contribution in [1.29, 1.82) is 0 Å². The molecular weight excluding hydrogens is 345 g/mol. The molecule has 0 aliphatic rings. The second kappa shape index (κ2) is 7.92. The topological polar surface area (TPSA) is 50.4 Å². The van der Waals surface area contributed by atoms with Crippen molar-refractivity contribution >= 4 is 23.4 Å². The molecule has 0 unspecified atom stereocenters. The summed E-state index contributed by atoms with van der Waals surface area (Å²) in [4.78, 5) is 11.0. The van der Waals surface area contributed by atoms with Crippen molar-refractivity contribution in [2.24, 2.45) is 0 Å². The van der Waals surface area contributed by atoms with Crippen LogP contribution < -0.4 is 10.9 Å². The van der Waals surface area contributed by atoms with Crippen molar-refractivity contribution in [2.45, 2.75) is 12.8 Å². The van der Waals surface area contributed by atoms with Gasteiger partial charge in [0.05, 0.1) is 17.8 Å². The average molecular weight is 359 g/mol. The van der Waals surface area contributed by atoms with Gasteiger partial charge < -0.3 is 4.74 Å². The van der Waals surface area contributed by atoms with Crippen LogP contribution >= 0.6 is 11.6 Å². The SMILES string of the molecule is COC(=O)NNc1cc(CCc2c(F)cc(F)cc2F)ccc1Cl. The molecule has 2 N–H and O–H groups in total. The first-order valence-corrected chi connectivity index (χ1v) is 7.30. The number of nitrogens with one attached hydrogen (secondary N) is 2. The molecule has 0 fully saturated rings. The largest absolute Gasteiger partial charge is 0.452 e. The normalized spacial score (nSPS) is 10.4. The van der Waals surface area contributed by atoms with E-state index in [1.54, 1.807) is 18.2 Å². The monoisotopic (exact) mass is 358 g/mol. The Morgan fingerprint density at radius 2 is 1.79 bits per heavy atom. The van der Waals surface area contributed by atoms with Gasteiger partial charge in [-0.05, 0) is 30.5 Å². The summed E-state index contributed by atoms with van der Waals surface area (Å²) in [6.45, 7) is 0. The number of benzene rings is 2. The van der Waals surface area contributed by atoms with E-state index in [0.717, 1.165) is 5.56 Å². The van der Waals surface area contributed by atoms with Crippen molar-refractivity contribution < 1.29 is 22.7 Å². The van der Waals surface area contributed by atoms with Gasteiger partial charge in [0.15, 0.2) is 0 Å². The van der Waals surface area contributed by atoms with Crippen LogP contribution in [0.25, 0.3) is 0 Å². The molecule has 1 amide bonds. The van der Waals surface area contributed by atoms with Crippen molar-refractivity contribution in [3.05, 3.63) is 63.9 Å². The highest BCUT2D eigenvalue weighted by Gasteiger charge is 2.12. The Kier molecular flexibility index (Phi) is 5.92. The van der Waals surface area contributed by atoms with E-state index >= 15 is 0 Å². The molecule has 0 bridgehead atoms. The van der Waals surface area contributed by atoms with Crippen LogP contribution in [0.2, 0.25) is 5.02 Å².